The molecule has 4 saturated carbocycles. The molecule has 1 heterocycles. The van der Waals surface area contributed by atoms with Gasteiger partial charge in [0, 0.05) is 5.38 Å². The van der Waals surface area contributed by atoms with Gasteiger partial charge in [0.25, 0.3) is 5.91 Å². The molecule has 0 aromatic carbocycles. The average molecular weight is 347 g/mol. The smallest absolute Gasteiger partial charge is 0.268 e. The topological polar surface area (TPSA) is 85.1 Å². The summed E-state index contributed by atoms with van der Waals surface area (Å²) in [7, 11) is 0. The molecule has 1 aromatic rings. The lowest BCUT2D eigenvalue weighted by molar-refractivity contribution is -0.170. The summed E-state index contributed by atoms with van der Waals surface area (Å²) in [5, 5.41) is 5.48. The average Bonchev–Trinajstić information content (AvgIpc) is 2.89. The Morgan fingerprint density at radius 1 is 1.25 bits per heavy atom. The first-order chi connectivity index (χ1) is 11.2. The number of amides is 2. The molecular weight excluding hydrogens is 322 g/mol. The monoisotopic (exact) mass is 347 g/mol. The van der Waals surface area contributed by atoms with Crippen LogP contribution in [-0.4, -0.2) is 16.8 Å². The molecule has 0 saturated heterocycles. The molecule has 2 atom stereocenters. The first-order valence-electron chi connectivity index (χ1n) is 8.74. The van der Waals surface area contributed by atoms with Crippen LogP contribution in [0.1, 0.15) is 67.9 Å². The highest BCUT2D eigenvalue weighted by molar-refractivity contribution is 7.09. The Kier molecular flexibility index (Phi) is 3.37. The van der Waals surface area contributed by atoms with E-state index in [-0.39, 0.29) is 17.0 Å². The molecule has 4 aliphatic rings. The number of carbonyl (C=O) groups excluding carboxylic acids is 2. The summed E-state index contributed by atoms with van der Waals surface area (Å²) >= 11 is 1.37. The predicted molar refractivity (Wildman–Crippen MR) is 92.3 cm³/mol. The quantitative estimate of drug-likeness (QED) is 0.878. The maximum atomic E-state index is 13.1. The molecule has 4 bridgehead atoms. The number of carbonyl (C=O) groups is 2. The number of primary amides is 1. The van der Waals surface area contributed by atoms with Crippen LogP contribution in [0.5, 0.6) is 0 Å². The van der Waals surface area contributed by atoms with Gasteiger partial charge in [0.1, 0.15) is 10.7 Å². The fraction of sp³-hybridized carbons (Fsp3) is 0.722. The van der Waals surface area contributed by atoms with Gasteiger partial charge in [0.15, 0.2) is 0 Å². The molecule has 0 aliphatic heterocycles. The zero-order valence-electron chi connectivity index (χ0n) is 14.4. The number of hydrogen-bond donors (Lipinski definition) is 2. The van der Waals surface area contributed by atoms with Gasteiger partial charge in [-0.05, 0) is 55.3 Å². The van der Waals surface area contributed by atoms with Crippen molar-refractivity contribution in [3.8, 4) is 0 Å². The van der Waals surface area contributed by atoms with E-state index in [2.05, 4.69) is 24.1 Å². The van der Waals surface area contributed by atoms with Crippen molar-refractivity contribution in [3.05, 3.63) is 16.1 Å². The number of nitrogens with zero attached hydrogens (tertiary/aromatic N) is 1. The van der Waals surface area contributed by atoms with Crippen LogP contribution in [0.3, 0.4) is 0 Å². The lowest BCUT2D eigenvalue weighted by atomic mass is 9.40. The SMILES string of the molecule is CC12CC3CC(C)(C1)CC(C(=O)NCc1nc(C(N)=O)cs1)(C3)C2. The second kappa shape index (κ2) is 5.04. The van der Waals surface area contributed by atoms with Gasteiger partial charge in [-0.2, -0.15) is 0 Å². The summed E-state index contributed by atoms with van der Waals surface area (Å²) in [6.07, 6.45) is 6.90. The minimum absolute atomic E-state index is 0.180. The molecule has 0 spiro atoms. The van der Waals surface area contributed by atoms with E-state index in [0.29, 0.717) is 23.3 Å². The van der Waals surface area contributed by atoms with Crippen LogP contribution in [0, 0.1) is 22.2 Å². The minimum Gasteiger partial charge on any atom is -0.364 e. The summed E-state index contributed by atoms with van der Waals surface area (Å²) in [5.41, 5.74) is 5.96. The van der Waals surface area contributed by atoms with E-state index in [1.807, 2.05) is 0 Å². The van der Waals surface area contributed by atoms with E-state index < -0.39 is 5.91 Å². The number of nitrogens with two attached hydrogens (primary N) is 1. The van der Waals surface area contributed by atoms with Crippen LogP contribution >= 0.6 is 11.3 Å². The van der Waals surface area contributed by atoms with Crippen LogP contribution in [-0.2, 0) is 11.3 Å². The largest absolute Gasteiger partial charge is 0.364 e. The first-order valence-corrected chi connectivity index (χ1v) is 9.62. The summed E-state index contributed by atoms with van der Waals surface area (Å²) in [4.78, 5) is 28.4. The molecular formula is C18H25N3O2S. The van der Waals surface area contributed by atoms with Gasteiger partial charge >= 0.3 is 0 Å². The van der Waals surface area contributed by atoms with Crippen molar-refractivity contribution >= 4 is 23.2 Å². The van der Waals surface area contributed by atoms with Crippen molar-refractivity contribution < 1.29 is 9.59 Å². The lowest BCUT2D eigenvalue weighted by Gasteiger charge is -2.64. The second-order valence-corrected chi connectivity index (χ2v) is 10.0. The first kappa shape index (κ1) is 16.1. The Morgan fingerprint density at radius 3 is 2.46 bits per heavy atom. The van der Waals surface area contributed by atoms with Gasteiger partial charge in [-0.25, -0.2) is 4.98 Å². The van der Waals surface area contributed by atoms with Crippen LogP contribution < -0.4 is 11.1 Å². The van der Waals surface area contributed by atoms with E-state index >= 15 is 0 Å². The van der Waals surface area contributed by atoms with Crippen molar-refractivity contribution in [2.75, 3.05) is 0 Å². The van der Waals surface area contributed by atoms with Gasteiger partial charge in [0.2, 0.25) is 5.91 Å². The lowest BCUT2D eigenvalue weighted by Crippen LogP contribution is -2.59. The molecule has 130 valence electrons. The molecule has 0 radical (unpaired) electrons. The van der Waals surface area contributed by atoms with Gasteiger partial charge in [-0.3, -0.25) is 9.59 Å². The van der Waals surface area contributed by atoms with Gasteiger partial charge in [-0.15, -0.1) is 11.3 Å². The minimum atomic E-state index is -0.522. The van der Waals surface area contributed by atoms with Crippen molar-refractivity contribution in [2.24, 2.45) is 27.9 Å². The highest BCUT2D eigenvalue weighted by Gasteiger charge is 2.62. The number of aromatic nitrogens is 1. The third-order valence-electron chi connectivity index (χ3n) is 6.31. The Hall–Kier alpha value is -1.43. The third kappa shape index (κ3) is 2.55. The Balaban J connectivity index is 1.49. The van der Waals surface area contributed by atoms with E-state index in [0.717, 1.165) is 24.3 Å². The van der Waals surface area contributed by atoms with E-state index in [1.54, 1.807) is 5.38 Å². The summed E-state index contributed by atoms with van der Waals surface area (Å²) in [6.45, 7) is 5.13. The van der Waals surface area contributed by atoms with Crippen LogP contribution in [0.25, 0.3) is 0 Å². The summed E-state index contributed by atoms with van der Waals surface area (Å²) in [5.74, 6) is 0.356. The van der Waals surface area contributed by atoms with Gasteiger partial charge in [0.05, 0.1) is 12.0 Å². The van der Waals surface area contributed by atoms with E-state index in [1.165, 1.54) is 30.6 Å². The Labute approximate surface area is 146 Å². The van der Waals surface area contributed by atoms with Crippen molar-refractivity contribution in [1.29, 1.82) is 0 Å². The molecule has 4 aliphatic carbocycles. The molecule has 3 N–H and O–H groups in total. The zero-order chi connectivity index (χ0) is 17.2. The number of hydrogen-bond acceptors (Lipinski definition) is 4. The molecule has 2 unspecified atom stereocenters. The predicted octanol–water partition coefficient (Wildman–Crippen LogP) is 2.85. The van der Waals surface area contributed by atoms with Gasteiger partial charge in [-0.1, -0.05) is 13.8 Å². The van der Waals surface area contributed by atoms with Crippen molar-refractivity contribution in [1.82, 2.24) is 10.3 Å². The molecule has 2 amide bonds. The molecule has 1 aromatic heterocycles. The summed E-state index contributed by atoms with van der Waals surface area (Å²) < 4.78 is 0. The molecule has 5 nitrogen and oxygen atoms in total. The normalized spacial score (nSPS) is 39.8. The molecule has 24 heavy (non-hydrogen) atoms. The highest BCUT2D eigenvalue weighted by atomic mass is 32.1. The van der Waals surface area contributed by atoms with Gasteiger partial charge < -0.3 is 11.1 Å². The fourth-order valence-corrected chi connectivity index (χ4v) is 7.27. The highest BCUT2D eigenvalue weighted by Crippen LogP contribution is 2.69. The maximum absolute atomic E-state index is 13.1. The van der Waals surface area contributed by atoms with E-state index in [4.69, 9.17) is 5.73 Å². The maximum Gasteiger partial charge on any atom is 0.268 e. The molecule has 5 rings (SSSR count). The van der Waals surface area contributed by atoms with E-state index in [9.17, 15) is 9.59 Å². The fourth-order valence-electron chi connectivity index (χ4n) is 6.55. The van der Waals surface area contributed by atoms with Crippen molar-refractivity contribution in [3.63, 3.8) is 0 Å². The number of thiazole rings is 1. The Morgan fingerprint density at radius 2 is 1.92 bits per heavy atom. The van der Waals surface area contributed by atoms with Crippen LogP contribution in [0.4, 0.5) is 0 Å². The number of nitrogens with one attached hydrogen (secondary N) is 1. The van der Waals surface area contributed by atoms with Crippen LogP contribution in [0.2, 0.25) is 0 Å². The number of rotatable bonds is 4. The second-order valence-electron chi connectivity index (χ2n) is 9.08. The summed E-state index contributed by atoms with van der Waals surface area (Å²) in [6, 6.07) is 0. The Bertz CT molecular complexity index is 695. The van der Waals surface area contributed by atoms with Crippen LogP contribution in [0.15, 0.2) is 5.38 Å². The zero-order valence-corrected chi connectivity index (χ0v) is 15.2. The third-order valence-corrected chi connectivity index (χ3v) is 7.16. The standard InChI is InChI=1S/C18H25N3O2S/c1-16-3-11-4-17(2,8-16)10-18(5-11,9-16)15(23)20-6-13-21-12(7-24-13)14(19)22/h7,11H,3-6,8-10H2,1-2H3,(H2,19,22)(H,20,23). The molecule has 4 fully saturated rings. The van der Waals surface area contributed by atoms with Crippen molar-refractivity contribution in [2.45, 2.75) is 58.9 Å². The molecule has 6 heteroatoms.